The lowest BCUT2D eigenvalue weighted by Gasteiger charge is -2.09. The van der Waals surface area contributed by atoms with Crippen molar-refractivity contribution in [2.24, 2.45) is 0 Å². The molecule has 3 rings (SSSR count). The van der Waals surface area contributed by atoms with Gasteiger partial charge in [-0.05, 0) is 29.8 Å². The van der Waals surface area contributed by atoms with Gasteiger partial charge in [0.1, 0.15) is 0 Å². The summed E-state index contributed by atoms with van der Waals surface area (Å²) in [5.41, 5.74) is 4.00. The maximum Gasteiger partial charge on any atom is 0.337 e. The smallest absolute Gasteiger partial charge is 0.337 e. The standard InChI is InChI=1S/C18H17NO2/c1-12(13-6-4-3-5-7-13)17-11-15-10-14(18(20)21-2)8-9-16(15)19-17/h3-12,19H,1-2H3. The molecule has 0 aliphatic heterocycles. The van der Waals surface area contributed by atoms with E-state index in [9.17, 15) is 4.79 Å². The van der Waals surface area contributed by atoms with E-state index in [-0.39, 0.29) is 11.9 Å². The molecular weight excluding hydrogens is 262 g/mol. The second kappa shape index (κ2) is 5.44. The lowest BCUT2D eigenvalue weighted by molar-refractivity contribution is 0.0601. The fraction of sp³-hybridized carbons (Fsp3) is 0.167. The number of benzene rings is 2. The molecule has 0 aliphatic carbocycles. The van der Waals surface area contributed by atoms with Crippen molar-refractivity contribution >= 4 is 16.9 Å². The summed E-state index contributed by atoms with van der Waals surface area (Å²) in [5.74, 6) is -0.0315. The summed E-state index contributed by atoms with van der Waals surface area (Å²) >= 11 is 0. The van der Waals surface area contributed by atoms with Crippen LogP contribution in [0.25, 0.3) is 10.9 Å². The molecule has 3 aromatic rings. The van der Waals surface area contributed by atoms with Crippen LogP contribution >= 0.6 is 0 Å². The monoisotopic (exact) mass is 279 g/mol. The minimum atomic E-state index is -0.309. The van der Waals surface area contributed by atoms with E-state index >= 15 is 0 Å². The quantitative estimate of drug-likeness (QED) is 0.733. The van der Waals surface area contributed by atoms with Crippen LogP contribution in [0.2, 0.25) is 0 Å². The molecule has 0 radical (unpaired) electrons. The Bertz CT molecular complexity index is 774. The summed E-state index contributed by atoms with van der Waals surface area (Å²) in [6, 6.07) is 18.0. The highest BCUT2D eigenvalue weighted by molar-refractivity contribution is 5.94. The van der Waals surface area contributed by atoms with Crippen LogP contribution < -0.4 is 0 Å². The zero-order valence-corrected chi connectivity index (χ0v) is 12.1. The van der Waals surface area contributed by atoms with E-state index in [1.54, 1.807) is 6.07 Å². The van der Waals surface area contributed by atoms with Crippen LogP contribution in [0.5, 0.6) is 0 Å². The number of hydrogen-bond acceptors (Lipinski definition) is 2. The first-order valence-corrected chi connectivity index (χ1v) is 6.95. The van der Waals surface area contributed by atoms with Gasteiger partial charge in [-0.15, -0.1) is 0 Å². The second-order valence-electron chi connectivity index (χ2n) is 5.15. The Labute approximate surface area is 123 Å². The molecule has 0 fully saturated rings. The molecule has 0 saturated carbocycles. The number of carbonyl (C=O) groups excluding carboxylic acids is 1. The number of aromatic nitrogens is 1. The van der Waals surface area contributed by atoms with Crippen molar-refractivity contribution in [1.29, 1.82) is 0 Å². The lowest BCUT2D eigenvalue weighted by Crippen LogP contribution is -2.00. The number of carbonyl (C=O) groups is 1. The summed E-state index contributed by atoms with van der Waals surface area (Å²) in [7, 11) is 1.40. The molecule has 106 valence electrons. The largest absolute Gasteiger partial charge is 0.465 e. The molecular formula is C18H17NO2. The number of H-pyrrole nitrogens is 1. The molecule has 1 aromatic heterocycles. The van der Waals surface area contributed by atoms with Gasteiger partial charge in [0.05, 0.1) is 12.7 Å². The number of hydrogen-bond donors (Lipinski definition) is 1. The van der Waals surface area contributed by atoms with Gasteiger partial charge in [-0.3, -0.25) is 0 Å². The SMILES string of the molecule is COC(=O)c1ccc2[nH]c(C(C)c3ccccc3)cc2c1. The van der Waals surface area contributed by atoms with Crippen LogP contribution in [0.1, 0.15) is 34.5 Å². The molecule has 0 spiro atoms. The topological polar surface area (TPSA) is 42.1 Å². The van der Waals surface area contributed by atoms with Gasteiger partial charge in [0, 0.05) is 22.5 Å². The van der Waals surface area contributed by atoms with Crippen LogP contribution in [0, 0.1) is 0 Å². The van der Waals surface area contributed by atoms with Crippen molar-refractivity contribution in [3.8, 4) is 0 Å². The van der Waals surface area contributed by atoms with Crippen molar-refractivity contribution in [2.75, 3.05) is 7.11 Å². The van der Waals surface area contributed by atoms with Gasteiger partial charge >= 0.3 is 5.97 Å². The van der Waals surface area contributed by atoms with Crippen LogP contribution in [-0.4, -0.2) is 18.1 Å². The number of rotatable bonds is 3. The van der Waals surface area contributed by atoms with E-state index in [0.717, 1.165) is 16.6 Å². The summed E-state index contributed by atoms with van der Waals surface area (Å²) in [6.45, 7) is 2.17. The Morgan fingerprint density at radius 2 is 1.86 bits per heavy atom. The molecule has 2 aromatic carbocycles. The highest BCUT2D eigenvalue weighted by Gasteiger charge is 2.12. The van der Waals surface area contributed by atoms with E-state index in [2.05, 4.69) is 30.1 Å². The Morgan fingerprint density at radius 3 is 2.57 bits per heavy atom. The second-order valence-corrected chi connectivity index (χ2v) is 5.15. The third-order valence-corrected chi connectivity index (χ3v) is 3.83. The Hall–Kier alpha value is -2.55. The van der Waals surface area contributed by atoms with Crippen LogP contribution in [0.15, 0.2) is 54.6 Å². The van der Waals surface area contributed by atoms with Gasteiger partial charge in [0.25, 0.3) is 0 Å². The van der Waals surface area contributed by atoms with Gasteiger partial charge in [0.15, 0.2) is 0 Å². The Kier molecular flexibility index (Phi) is 3.48. The van der Waals surface area contributed by atoms with Crippen molar-refractivity contribution < 1.29 is 9.53 Å². The zero-order valence-electron chi connectivity index (χ0n) is 12.1. The van der Waals surface area contributed by atoms with E-state index in [1.807, 2.05) is 30.3 Å². The first kappa shape index (κ1) is 13.4. The highest BCUT2D eigenvalue weighted by Crippen LogP contribution is 2.27. The third-order valence-electron chi connectivity index (χ3n) is 3.83. The average molecular weight is 279 g/mol. The molecule has 0 amide bonds. The van der Waals surface area contributed by atoms with Gasteiger partial charge in [-0.1, -0.05) is 37.3 Å². The van der Waals surface area contributed by atoms with Gasteiger partial charge in [-0.2, -0.15) is 0 Å². The Morgan fingerprint density at radius 1 is 1.10 bits per heavy atom. The van der Waals surface area contributed by atoms with E-state index in [1.165, 1.54) is 12.7 Å². The number of methoxy groups -OCH3 is 1. The number of esters is 1. The van der Waals surface area contributed by atoms with Gasteiger partial charge in [-0.25, -0.2) is 4.79 Å². The summed E-state index contributed by atoms with van der Waals surface area (Å²) in [4.78, 5) is 15.0. The Balaban J connectivity index is 1.99. The van der Waals surface area contributed by atoms with E-state index in [4.69, 9.17) is 4.74 Å². The minimum Gasteiger partial charge on any atom is -0.465 e. The molecule has 0 aliphatic rings. The van der Waals surface area contributed by atoms with Crippen molar-refractivity contribution in [3.05, 3.63) is 71.4 Å². The molecule has 1 heterocycles. The van der Waals surface area contributed by atoms with Crippen LogP contribution in [0.4, 0.5) is 0 Å². The maximum atomic E-state index is 11.6. The summed E-state index contributed by atoms with van der Waals surface area (Å²) in [5, 5.41) is 1.02. The van der Waals surface area contributed by atoms with Crippen molar-refractivity contribution in [3.63, 3.8) is 0 Å². The first-order chi connectivity index (χ1) is 10.2. The first-order valence-electron chi connectivity index (χ1n) is 6.95. The van der Waals surface area contributed by atoms with Crippen LogP contribution in [-0.2, 0) is 4.74 Å². The van der Waals surface area contributed by atoms with Crippen LogP contribution in [0.3, 0.4) is 0 Å². The molecule has 1 unspecified atom stereocenters. The normalized spacial score (nSPS) is 12.3. The summed E-state index contributed by atoms with van der Waals surface area (Å²) < 4.78 is 4.76. The number of fused-ring (bicyclic) bond motifs is 1. The molecule has 3 nitrogen and oxygen atoms in total. The predicted octanol–water partition coefficient (Wildman–Crippen LogP) is 4.11. The molecule has 21 heavy (non-hydrogen) atoms. The molecule has 1 atom stereocenters. The molecule has 0 bridgehead atoms. The zero-order chi connectivity index (χ0) is 14.8. The number of nitrogens with one attached hydrogen (secondary N) is 1. The lowest BCUT2D eigenvalue weighted by atomic mass is 9.98. The van der Waals surface area contributed by atoms with Gasteiger partial charge in [0.2, 0.25) is 0 Å². The van der Waals surface area contributed by atoms with Crippen molar-refractivity contribution in [1.82, 2.24) is 4.98 Å². The number of ether oxygens (including phenoxy) is 1. The van der Waals surface area contributed by atoms with E-state index in [0.29, 0.717) is 5.56 Å². The minimum absolute atomic E-state index is 0.278. The molecule has 3 heteroatoms. The van der Waals surface area contributed by atoms with Crippen molar-refractivity contribution in [2.45, 2.75) is 12.8 Å². The maximum absolute atomic E-state index is 11.6. The van der Waals surface area contributed by atoms with E-state index < -0.39 is 0 Å². The third kappa shape index (κ3) is 2.55. The fourth-order valence-corrected chi connectivity index (χ4v) is 2.55. The van der Waals surface area contributed by atoms with Gasteiger partial charge < -0.3 is 9.72 Å². The average Bonchev–Trinajstić information content (AvgIpc) is 2.97. The molecule has 1 N–H and O–H groups in total. The summed E-state index contributed by atoms with van der Waals surface area (Å²) in [6.07, 6.45) is 0. The highest BCUT2D eigenvalue weighted by atomic mass is 16.5. The molecule has 0 saturated heterocycles. The number of aromatic amines is 1. The predicted molar refractivity (Wildman–Crippen MR) is 83.6 cm³/mol. The fourth-order valence-electron chi connectivity index (χ4n) is 2.55.